The second-order valence-corrected chi connectivity index (χ2v) is 5.50. The number of aromatic nitrogens is 2. The van der Waals surface area contributed by atoms with Gasteiger partial charge in [-0.05, 0) is 42.5 Å². The van der Waals surface area contributed by atoms with E-state index in [4.69, 9.17) is 22.1 Å². The highest BCUT2D eigenvalue weighted by Crippen LogP contribution is 2.17. The number of carbonyl (C=O) groups excluding carboxylic acids is 1. The summed E-state index contributed by atoms with van der Waals surface area (Å²) in [5.74, 6) is 0.0247. The van der Waals surface area contributed by atoms with Crippen molar-refractivity contribution in [3.05, 3.63) is 58.0 Å². The first-order chi connectivity index (χ1) is 11.0. The van der Waals surface area contributed by atoms with Crippen LogP contribution in [0.2, 0.25) is 5.02 Å². The minimum Gasteiger partial charge on any atom is -0.484 e. The lowest BCUT2D eigenvalue weighted by Gasteiger charge is -2.06. The van der Waals surface area contributed by atoms with Crippen molar-refractivity contribution in [2.24, 2.45) is 7.05 Å². The number of rotatable bonds is 3. The molecule has 0 aliphatic carbocycles. The van der Waals surface area contributed by atoms with Crippen molar-refractivity contribution >= 4 is 34.2 Å². The van der Waals surface area contributed by atoms with Crippen LogP contribution in [0, 0.1) is 0 Å². The Morgan fingerprint density at radius 3 is 2.57 bits per heavy atom. The largest absolute Gasteiger partial charge is 0.484 e. The van der Waals surface area contributed by atoms with E-state index in [1.165, 1.54) is 4.57 Å². The predicted molar refractivity (Wildman–Crippen MR) is 89.2 cm³/mol. The van der Waals surface area contributed by atoms with E-state index >= 15 is 0 Å². The molecule has 1 aromatic heterocycles. The Balaban J connectivity index is 1.92. The van der Waals surface area contributed by atoms with Crippen LogP contribution in [0.3, 0.4) is 0 Å². The molecule has 1 heterocycles. The lowest BCUT2D eigenvalue weighted by Crippen LogP contribution is -2.31. The molecule has 0 atom stereocenters. The van der Waals surface area contributed by atoms with Crippen molar-refractivity contribution in [3.63, 3.8) is 0 Å². The van der Waals surface area contributed by atoms with Crippen molar-refractivity contribution in [1.82, 2.24) is 9.13 Å². The van der Waals surface area contributed by atoms with Crippen LogP contribution in [0.1, 0.15) is 4.79 Å². The van der Waals surface area contributed by atoms with E-state index in [9.17, 15) is 9.59 Å². The fourth-order valence-electron chi connectivity index (χ4n) is 2.34. The quantitative estimate of drug-likeness (QED) is 0.747. The van der Waals surface area contributed by atoms with Gasteiger partial charge in [0.1, 0.15) is 5.75 Å². The van der Waals surface area contributed by atoms with Gasteiger partial charge in [0.25, 0.3) is 5.91 Å². The van der Waals surface area contributed by atoms with Crippen LogP contribution in [-0.2, 0) is 7.05 Å². The monoisotopic (exact) mass is 331 g/mol. The number of hydrogen-bond donors (Lipinski definition) is 1. The Hall–Kier alpha value is -2.73. The maximum Gasteiger partial charge on any atom is 0.335 e. The van der Waals surface area contributed by atoms with Crippen molar-refractivity contribution in [3.8, 4) is 5.75 Å². The molecule has 0 aliphatic rings. The van der Waals surface area contributed by atoms with Gasteiger partial charge in [-0.3, -0.25) is 9.36 Å². The molecule has 2 aromatic carbocycles. The highest BCUT2D eigenvalue weighted by molar-refractivity contribution is 6.30. The van der Waals surface area contributed by atoms with Crippen molar-refractivity contribution in [2.45, 2.75) is 0 Å². The maximum atomic E-state index is 12.4. The number of aryl methyl sites for hydroxylation is 1. The highest BCUT2D eigenvalue weighted by Gasteiger charge is 2.17. The lowest BCUT2D eigenvalue weighted by atomic mass is 10.3. The molecule has 0 fully saturated rings. The van der Waals surface area contributed by atoms with Crippen LogP contribution >= 0.6 is 11.6 Å². The van der Waals surface area contributed by atoms with Crippen LogP contribution in [0.15, 0.2) is 47.3 Å². The number of anilines is 1. The molecule has 118 valence electrons. The molecule has 7 heteroatoms. The summed E-state index contributed by atoms with van der Waals surface area (Å²) in [5.41, 5.74) is 6.88. The van der Waals surface area contributed by atoms with E-state index in [1.54, 1.807) is 49.5 Å². The van der Waals surface area contributed by atoms with Gasteiger partial charge in [-0.1, -0.05) is 11.6 Å². The molecule has 3 aromatic rings. The van der Waals surface area contributed by atoms with Crippen molar-refractivity contribution in [2.75, 3.05) is 12.3 Å². The van der Waals surface area contributed by atoms with Crippen LogP contribution < -0.4 is 16.2 Å². The second kappa shape index (κ2) is 5.81. The van der Waals surface area contributed by atoms with Gasteiger partial charge in [-0.25, -0.2) is 9.36 Å². The fourth-order valence-corrected chi connectivity index (χ4v) is 2.47. The third-order valence-electron chi connectivity index (χ3n) is 3.51. The number of ether oxygens (including phenoxy) is 1. The highest BCUT2D eigenvalue weighted by atomic mass is 35.5. The average molecular weight is 332 g/mol. The summed E-state index contributed by atoms with van der Waals surface area (Å²) in [5, 5.41) is 0.574. The predicted octanol–water partition coefficient (Wildman–Crippen LogP) is 2.29. The van der Waals surface area contributed by atoms with E-state index in [0.717, 1.165) is 4.57 Å². The minimum absolute atomic E-state index is 0.268. The molecule has 0 radical (unpaired) electrons. The van der Waals surface area contributed by atoms with E-state index in [1.807, 2.05) is 0 Å². The maximum absolute atomic E-state index is 12.4. The number of benzene rings is 2. The van der Waals surface area contributed by atoms with Gasteiger partial charge in [-0.15, -0.1) is 0 Å². The summed E-state index contributed by atoms with van der Waals surface area (Å²) in [6, 6.07) is 11.6. The molecule has 23 heavy (non-hydrogen) atoms. The molecule has 0 spiro atoms. The SMILES string of the molecule is Cn1c(=O)n(C(=O)COc2ccc(Cl)cc2)c2cc(N)ccc21. The standard InChI is InChI=1S/C16H14ClN3O3/c1-19-13-7-4-11(18)8-14(13)20(16(19)22)15(21)9-23-12-5-2-10(17)3-6-12/h2-8H,9,18H2,1H3. The Labute approximate surface area is 136 Å². The molecule has 3 rings (SSSR count). The molecule has 0 saturated carbocycles. The summed E-state index contributed by atoms with van der Waals surface area (Å²) in [6.45, 7) is -0.268. The summed E-state index contributed by atoms with van der Waals surface area (Å²) in [7, 11) is 1.60. The zero-order valence-corrected chi connectivity index (χ0v) is 13.1. The van der Waals surface area contributed by atoms with Gasteiger partial charge < -0.3 is 10.5 Å². The Bertz CT molecular complexity index is 942. The number of nitrogens with zero attached hydrogens (tertiary/aromatic N) is 2. The molecule has 0 unspecified atom stereocenters. The third-order valence-corrected chi connectivity index (χ3v) is 3.76. The number of nitrogens with two attached hydrogens (primary N) is 1. The molecule has 0 bridgehead atoms. The second-order valence-electron chi connectivity index (χ2n) is 5.06. The number of imidazole rings is 1. The van der Waals surface area contributed by atoms with Gasteiger partial charge in [0.2, 0.25) is 0 Å². The molecule has 6 nitrogen and oxygen atoms in total. The van der Waals surface area contributed by atoms with Gasteiger partial charge in [-0.2, -0.15) is 0 Å². The zero-order chi connectivity index (χ0) is 16.6. The van der Waals surface area contributed by atoms with E-state index in [2.05, 4.69) is 0 Å². The molecular formula is C16H14ClN3O3. The van der Waals surface area contributed by atoms with Gasteiger partial charge in [0, 0.05) is 17.8 Å². The van der Waals surface area contributed by atoms with Crippen LogP contribution in [-0.4, -0.2) is 21.6 Å². The first kappa shape index (κ1) is 15.2. The minimum atomic E-state index is -0.471. The molecular weight excluding hydrogens is 318 g/mol. The summed E-state index contributed by atoms with van der Waals surface area (Å²) in [4.78, 5) is 24.7. The van der Waals surface area contributed by atoms with Gasteiger partial charge in [0.15, 0.2) is 6.61 Å². The first-order valence-electron chi connectivity index (χ1n) is 6.86. The summed E-state index contributed by atoms with van der Waals surface area (Å²) >= 11 is 5.79. The number of fused-ring (bicyclic) bond motifs is 1. The molecule has 0 saturated heterocycles. The van der Waals surface area contributed by atoms with E-state index in [0.29, 0.717) is 27.5 Å². The lowest BCUT2D eigenvalue weighted by molar-refractivity contribution is 0.0838. The average Bonchev–Trinajstić information content (AvgIpc) is 2.77. The Morgan fingerprint density at radius 2 is 1.87 bits per heavy atom. The third kappa shape index (κ3) is 2.80. The topological polar surface area (TPSA) is 79.2 Å². The van der Waals surface area contributed by atoms with Crippen LogP contribution in [0.5, 0.6) is 5.75 Å². The van der Waals surface area contributed by atoms with Crippen LogP contribution in [0.4, 0.5) is 5.69 Å². The number of carbonyl (C=O) groups is 1. The zero-order valence-electron chi connectivity index (χ0n) is 12.3. The molecule has 0 amide bonds. The van der Waals surface area contributed by atoms with E-state index in [-0.39, 0.29) is 6.61 Å². The molecule has 2 N–H and O–H groups in total. The summed E-state index contributed by atoms with van der Waals surface area (Å²) < 4.78 is 7.88. The Morgan fingerprint density at radius 1 is 1.17 bits per heavy atom. The number of hydrogen-bond acceptors (Lipinski definition) is 4. The normalized spacial score (nSPS) is 10.9. The Kier molecular flexibility index (Phi) is 3.83. The van der Waals surface area contributed by atoms with Crippen molar-refractivity contribution < 1.29 is 9.53 Å². The number of halogens is 1. The van der Waals surface area contributed by atoms with Crippen LogP contribution in [0.25, 0.3) is 11.0 Å². The fraction of sp³-hybridized carbons (Fsp3) is 0.125. The van der Waals surface area contributed by atoms with Crippen molar-refractivity contribution in [1.29, 1.82) is 0 Å². The molecule has 0 aliphatic heterocycles. The smallest absolute Gasteiger partial charge is 0.335 e. The number of nitrogen functional groups attached to an aromatic ring is 1. The van der Waals surface area contributed by atoms with Gasteiger partial charge >= 0.3 is 5.69 Å². The van der Waals surface area contributed by atoms with Gasteiger partial charge in [0.05, 0.1) is 11.0 Å². The summed E-state index contributed by atoms with van der Waals surface area (Å²) in [6.07, 6.45) is 0. The first-order valence-corrected chi connectivity index (χ1v) is 7.23. The van der Waals surface area contributed by atoms with E-state index < -0.39 is 11.6 Å².